The molecule has 4 aromatic rings. The lowest BCUT2D eigenvalue weighted by atomic mass is 10.2. The minimum atomic E-state index is -0.673. The van der Waals surface area contributed by atoms with E-state index in [9.17, 15) is 24.3 Å². The van der Waals surface area contributed by atoms with Gasteiger partial charge >= 0.3 is 0 Å². The number of ether oxygens (including phenoxy) is 2. The molecule has 0 radical (unpaired) electrons. The number of benzene rings is 4. The second kappa shape index (κ2) is 16.9. The maximum Gasteiger partial charge on any atom is 0.262 e. The molecule has 0 saturated carbocycles. The van der Waals surface area contributed by atoms with Crippen LogP contribution in [0.15, 0.2) is 107 Å². The summed E-state index contributed by atoms with van der Waals surface area (Å²) in [5.74, 6) is 1.04. The van der Waals surface area contributed by atoms with Crippen molar-refractivity contribution in [1.82, 2.24) is 0 Å². The number of carbonyl (C=O) groups excluding carboxylic acids is 4. The second-order valence-corrected chi connectivity index (χ2v) is 11.4. The Morgan fingerprint density at radius 3 is 1.41 bits per heavy atom. The van der Waals surface area contributed by atoms with Crippen LogP contribution in [0.3, 0.4) is 0 Å². The van der Waals surface area contributed by atoms with Crippen LogP contribution in [0.5, 0.6) is 11.5 Å². The van der Waals surface area contributed by atoms with E-state index in [0.717, 1.165) is 22.4 Å². The van der Waals surface area contributed by atoms with Crippen LogP contribution in [-0.2, 0) is 9.59 Å². The molecule has 0 fully saturated rings. The number of anilines is 2. The lowest BCUT2D eigenvalue weighted by molar-refractivity contribution is -0.118. The van der Waals surface area contributed by atoms with E-state index in [2.05, 4.69) is 10.6 Å². The summed E-state index contributed by atoms with van der Waals surface area (Å²) in [7, 11) is 0. The Hall–Kier alpha value is -4.58. The Labute approximate surface area is 263 Å². The van der Waals surface area contributed by atoms with Crippen LogP contribution in [0.1, 0.15) is 20.7 Å². The van der Waals surface area contributed by atoms with Crippen molar-refractivity contribution in [2.75, 3.05) is 35.4 Å². The summed E-state index contributed by atoms with van der Waals surface area (Å²) >= 11 is 2.83. The summed E-state index contributed by atoms with van der Waals surface area (Å²) in [6.45, 7) is -0.398. The summed E-state index contributed by atoms with van der Waals surface area (Å²) in [5, 5.41) is 16.4. The summed E-state index contributed by atoms with van der Waals surface area (Å²) < 4.78 is 11.0. The molecule has 3 N–H and O–H groups in total. The SMILES string of the molecule is O=Cc1ccc(OCC(=O)Nc2ccccc2SCC(O)CSc2ccccc2NC(=O)COc2ccc(C=O)cc2)cc1. The van der Waals surface area contributed by atoms with Crippen molar-refractivity contribution in [3.05, 3.63) is 108 Å². The highest BCUT2D eigenvalue weighted by Crippen LogP contribution is 2.31. The molecule has 0 aliphatic heterocycles. The van der Waals surface area contributed by atoms with Crippen LogP contribution in [0, 0.1) is 0 Å². The fourth-order valence-corrected chi connectivity index (χ4v) is 5.79. The number of carbonyl (C=O) groups is 4. The zero-order valence-corrected chi connectivity index (χ0v) is 25.1. The number of hydrogen-bond acceptors (Lipinski definition) is 9. The molecule has 9 nitrogen and oxygen atoms in total. The van der Waals surface area contributed by atoms with Crippen molar-refractivity contribution in [3.63, 3.8) is 0 Å². The summed E-state index contributed by atoms with van der Waals surface area (Å²) in [6, 6.07) is 27.6. The monoisotopic (exact) mass is 630 g/mol. The predicted molar refractivity (Wildman–Crippen MR) is 172 cm³/mol. The van der Waals surface area contributed by atoms with Gasteiger partial charge in [-0.1, -0.05) is 24.3 Å². The van der Waals surface area contributed by atoms with Gasteiger partial charge < -0.3 is 25.2 Å². The molecule has 226 valence electrons. The van der Waals surface area contributed by atoms with E-state index in [0.29, 0.717) is 45.5 Å². The van der Waals surface area contributed by atoms with Gasteiger partial charge in [-0.3, -0.25) is 19.2 Å². The lowest BCUT2D eigenvalue weighted by Crippen LogP contribution is -2.21. The van der Waals surface area contributed by atoms with Gasteiger partial charge in [0.2, 0.25) is 0 Å². The third kappa shape index (κ3) is 10.3. The third-order valence-corrected chi connectivity index (χ3v) is 8.39. The number of hydrogen-bond donors (Lipinski definition) is 3. The first-order chi connectivity index (χ1) is 21.4. The van der Waals surface area contributed by atoms with E-state index < -0.39 is 6.10 Å². The summed E-state index contributed by atoms with van der Waals surface area (Å²) in [6.07, 6.45) is 0.795. The van der Waals surface area contributed by atoms with Crippen molar-refractivity contribution in [2.45, 2.75) is 15.9 Å². The normalized spacial score (nSPS) is 10.6. The fraction of sp³-hybridized carbons (Fsp3) is 0.152. The topological polar surface area (TPSA) is 131 Å². The van der Waals surface area contributed by atoms with E-state index in [1.165, 1.54) is 23.5 Å². The van der Waals surface area contributed by atoms with Gasteiger partial charge in [-0.05, 0) is 72.8 Å². The minimum absolute atomic E-state index is 0.199. The molecule has 4 aromatic carbocycles. The molecule has 11 heteroatoms. The van der Waals surface area contributed by atoms with Crippen LogP contribution in [-0.4, -0.2) is 60.3 Å². The second-order valence-electron chi connectivity index (χ2n) is 9.32. The van der Waals surface area contributed by atoms with Crippen LogP contribution in [0.2, 0.25) is 0 Å². The molecule has 0 aliphatic carbocycles. The van der Waals surface area contributed by atoms with E-state index in [1.807, 2.05) is 36.4 Å². The predicted octanol–water partition coefficient (Wildman–Crippen LogP) is 5.59. The number of amides is 2. The van der Waals surface area contributed by atoms with Crippen molar-refractivity contribution >= 4 is 59.3 Å². The largest absolute Gasteiger partial charge is 0.484 e. The van der Waals surface area contributed by atoms with Crippen LogP contribution in [0.25, 0.3) is 0 Å². The van der Waals surface area contributed by atoms with Crippen LogP contribution in [0.4, 0.5) is 11.4 Å². The molecule has 0 aliphatic rings. The smallest absolute Gasteiger partial charge is 0.262 e. The van der Waals surface area contributed by atoms with E-state index >= 15 is 0 Å². The number of para-hydroxylation sites is 2. The Bertz CT molecular complexity index is 1450. The van der Waals surface area contributed by atoms with Gasteiger partial charge in [0.1, 0.15) is 24.1 Å². The summed E-state index contributed by atoms with van der Waals surface area (Å²) in [5.41, 5.74) is 2.26. The molecule has 0 unspecified atom stereocenters. The number of nitrogens with one attached hydrogen (secondary N) is 2. The third-order valence-electron chi connectivity index (χ3n) is 5.96. The molecule has 0 saturated heterocycles. The van der Waals surface area contributed by atoms with Crippen molar-refractivity contribution in [2.24, 2.45) is 0 Å². The van der Waals surface area contributed by atoms with Gasteiger partial charge in [-0.2, -0.15) is 0 Å². The number of aldehydes is 2. The molecule has 2 amide bonds. The molecular weight excluding hydrogens is 601 g/mol. The Balaban J connectivity index is 1.23. The zero-order valence-electron chi connectivity index (χ0n) is 23.5. The van der Waals surface area contributed by atoms with Gasteiger partial charge in [0.25, 0.3) is 11.8 Å². The number of thioether (sulfide) groups is 2. The molecule has 0 spiro atoms. The quantitative estimate of drug-likeness (QED) is 0.107. The first kappa shape index (κ1) is 32.3. The fourth-order valence-electron chi connectivity index (χ4n) is 3.77. The molecule has 44 heavy (non-hydrogen) atoms. The Kier molecular flexibility index (Phi) is 12.4. The lowest BCUT2D eigenvalue weighted by Gasteiger charge is -2.15. The highest BCUT2D eigenvalue weighted by Gasteiger charge is 2.13. The van der Waals surface area contributed by atoms with Gasteiger partial charge in [0, 0.05) is 32.4 Å². The number of aliphatic hydroxyl groups excluding tert-OH is 1. The van der Waals surface area contributed by atoms with Gasteiger partial charge in [0.15, 0.2) is 13.2 Å². The first-order valence-electron chi connectivity index (χ1n) is 13.5. The van der Waals surface area contributed by atoms with Gasteiger partial charge in [-0.15, -0.1) is 23.5 Å². The van der Waals surface area contributed by atoms with Crippen LogP contribution >= 0.6 is 23.5 Å². The van der Waals surface area contributed by atoms with Crippen molar-refractivity contribution in [3.8, 4) is 11.5 Å². The number of aliphatic hydroxyl groups is 1. The molecule has 0 bridgehead atoms. The Morgan fingerprint density at radius 1 is 0.636 bits per heavy atom. The Morgan fingerprint density at radius 2 is 1.02 bits per heavy atom. The van der Waals surface area contributed by atoms with Crippen molar-refractivity contribution in [1.29, 1.82) is 0 Å². The average molecular weight is 631 g/mol. The summed E-state index contributed by atoms with van der Waals surface area (Å²) in [4.78, 5) is 48.2. The van der Waals surface area contributed by atoms with E-state index in [1.54, 1.807) is 60.7 Å². The maximum absolute atomic E-state index is 12.5. The molecule has 0 atom stereocenters. The van der Waals surface area contributed by atoms with Gasteiger partial charge in [-0.25, -0.2) is 0 Å². The van der Waals surface area contributed by atoms with Crippen molar-refractivity contribution < 1.29 is 33.8 Å². The molecule has 0 heterocycles. The van der Waals surface area contributed by atoms with E-state index in [-0.39, 0.29) is 25.0 Å². The number of rotatable bonds is 16. The highest BCUT2D eigenvalue weighted by molar-refractivity contribution is 8.00. The molecule has 4 rings (SSSR count). The standard InChI is InChI=1S/C33H30N2O7S2/c36-17-23-9-13-26(14-10-23)41-19-32(39)34-28-5-1-3-7-30(28)43-21-25(38)22-44-31-8-4-2-6-29(31)35-33(40)20-42-27-15-11-24(18-37)12-16-27/h1-18,25,38H,19-22H2,(H,34,39)(H,35,40). The molecular formula is C33H30N2O7S2. The maximum atomic E-state index is 12.5. The van der Waals surface area contributed by atoms with E-state index in [4.69, 9.17) is 9.47 Å². The minimum Gasteiger partial charge on any atom is -0.484 e. The highest BCUT2D eigenvalue weighted by atomic mass is 32.2. The first-order valence-corrected chi connectivity index (χ1v) is 15.5. The van der Waals surface area contributed by atoms with Crippen LogP contribution < -0.4 is 20.1 Å². The molecule has 0 aromatic heterocycles. The zero-order chi connectivity index (χ0) is 31.1. The average Bonchev–Trinajstić information content (AvgIpc) is 3.06. The van der Waals surface area contributed by atoms with Gasteiger partial charge in [0.05, 0.1) is 17.5 Å².